The van der Waals surface area contributed by atoms with Crippen LogP contribution in [0.5, 0.6) is 11.6 Å². The smallest absolute Gasteiger partial charge is 0.305 e. The molecule has 1 aromatic carbocycles. The van der Waals surface area contributed by atoms with Crippen LogP contribution in [0.25, 0.3) is 5.65 Å². The van der Waals surface area contributed by atoms with Gasteiger partial charge in [0.25, 0.3) is 0 Å². The first-order chi connectivity index (χ1) is 13.5. The van der Waals surface area contributed by atoms with Crippen LogP contribution in [0.1, 0.15) is 19.3 Å². The molecule has 146 valence electrons. The molecule has 0 aliphatic carbocycles. The molecule has 0 saturated heterocycles. The number of carbonyl (C=O) groups is 2. The van der Waals surface area contributed by atoms with Gasteiger partial charge in [0.1, 0.15) is 5.82 Å². The molecule has 28 heavy (non-hydrogen) atoms. The molecule has 0 atom stereocenters. The summed E-state index contributed by atoms with van der Waals surface area (Å²) < 4.78 is 25.5. The fraction of sp³-hybridized carbons (Fsp3) is 0.222. The number of rotatable bonds is 7. The molecule has 0 fully saturated rings. The topological polar surface area (TPSA) is 121 Å². The number of aromatic nitrogens is 3. The van der Waals surface area contributed by atoms with Crippen LogP contribution in [0.15, 0.2) is 36.5 Å². The van der Waals surface area contributed by atoms with E-state index in [0.717, 1.165) is 6.07 Å². The maximum atomic E-state index is 14.0. The van der Waals surface area contributed by atoms with Crippen molar-refractivity contribution in [3.63, 3.8) is 0 Å². The highest BCUT2D eigenvalue weighted by atomic mass is 19.1. The van der Waals surface area contributed by atoms with Crippen molar-refractivity contribution in [2.75, 3.05) is 18.2 Å². The van der Waals surface area contributed by atoms with Crippen molar-refractivity contribution in [1.82, 2.24) is 14.6 Å². The third-order valence-electron chi connectivity index (χ3n) is 3.78. The maximum Gasteiger partial charge on any atom is 0.305 e. The van der Waals surface area contributed by atoms with Gasteiger partial charge < -0.3 is 20.5 Å². The predicted molar refractivity (Wildman–Crippen MR) is 98.4 cm³/mol. The lowest BCUT2D eigenvalue weighted by molar-refractivity contribution is -0.140. The molecule has 9 nitrogen and oxygen atoms in total. The van der Waals surface area contributed by atoms with Gasteiger partial charge >= 0.3 is 5.97 Å². The number of nitrogens with two attached hydrogens (primary N) is 1. The Morgan fingerprint density at radius 3 is 2.82 bits per heavy atom. The number of esters is 1. The van der Waals surface area contributed by atoms with Crippen LogP contribution in [-0.2, 0) is 14.3 Å². The van der Waals surface area contributed by atoms with Gasteiger partial charge in [0.05, 0.1) is 13.3 Å². The summed E-state index contributed by atoms with van der Waals surface area (Å²) in [5, 5.41) is 6.71. The minimum atomic E-state index is -0.634. The Bertz CT molecular complexity index is 1020. The van der Waals surface area contributed by atoms with E-state index in [1.165, 1.54) is 36.0 Å². The Balaban J connectivity index is 1.77. The van der Waals surface area contributed by atoms with Crippen molar-refractivity contribution in [3.05, 3.63) is 42.3 Å². The minimum Gasteiger partial charge on any atom is -0.469 e. The van der Waals surface area contributed by atoms with Gasteiger partial charge in [-0.15, -0.1) is 0 Å². The van der Waals surface area contributed by atoms with Crippen LogP contribution in [0.2, 0.25) is 0 Å². The number of ether oxygens (including phenoxy) is 2. The van der Waals surface area contributed by atoms with E-state index >= 15 is 0 Å². The van der Waals surface area contributed by atoms with Crippen LogP contribution in [0, 0.1) is 5.82 Å². The van der Waals surface area contributed by atoms with Crippen molar-refractivity contribution in [3.8, 4) is 11.6 Å². The highest BCUT2D eigenvalue weighted by Gasteiger charge is 2.13. The van der Waals surface area contributed by atoms with Crippen molar-refractivity contribution in [2.24, 2.45) is 0 Å². The summed E-state index contributed by atoms with van der Waals surface area (Å²) in [6, 6.07) is 7.07. The average molecular weight is 387 g/mol. The second-order valence-electron chi connectivity index (χ2n) is 5.85. The normalized spacial score (nSPS) is 10.6. The van der Waals surface area contributed by atoms with Gasteiger partial charge in [-0.3, -0.25) is 9.59 Å². The molecular formula is C18H18FN5O4. The highest BCUT2D eigenvalue weighted by molar-refractivity contribution is 5.90. The lowest BCUT2D eigenvalue weighted by atomic mass is 10.2. The van der Waals surface area contributed by atoms with Gasteiger partial charge in [0.15, 0.2) is 17.2 Å². The molecule has 10 heteroatoms. The van der Waals surface area contributed by atoms with Crippen molar-refractivity contribution in [1.29, 1.82) is 0 Å². The fourth-order valence-corrected chi connectivity index (χ4v) is 2.43. The Morgan fingerprint density at radius 1 is 1.25 bits per heavy atom. The Morgan fingerprint density at radius 2 is 2.07 bits per heavy atom. The number of amides is 1. The second-order valence-corrected chi connectivity index (χ2v) is 5.85. The Kier molecular flexibility index (Phi) is 5.68. The van der Waals surface area contributed by atoms with Crippen LogP contribution >= 0.6 is 0 Å². The van der Waals surface area contributed by atoms with Gasteiger partial charge in [-0.1, -0.05) is 0 Å². The summed E-state index contributed by atoms with van der Waals surface area (Å²) in [6.45, 7) is 0. The van der Waals surface area contributed by atoms with E-state index < -0.39 is 5.82 Å². The van der Waals surface area contributed by atoms with Crippen LogP contribution in [0.4, 0.5) is 15.9 Å². The SMILES string of the molecule is COC(=O)CCCC(=O)Nc1cc(Oc2ccc(N)cc2F)n2nccc2n1. The number of nitrogen functional groups attached to an aromatic ring is 1. The number of nitrogens with one attached hydrogen (secondary N) is 1. The quantitative estimate of drug-likeness (QED) is 0.472. The molecule has 3 aromatic rings. The van der Waals surface area contributed by atoms with E-state index in [4.69, 9.17) is 10.5 Å². The molecule has 0 aliphatic rings. The van der Waals surface area contributed by atoms with E-state index in [-0.39, 0.29) is 47.9 Å². The second kappa shape index (κ2) is 8.33. The third-order valence-corrected chi connectivity index (χ3v) is 3.78. The number of fused-ring (bicyclic) bond motifs is 1. The van der Waals surface area contributed by atoms with Gasteiger partial charge in [-0.25, -0.2) is 9.37 Å². The molecule has 0 spiro atoms. The number of anilines is 2. The summed E-state index contributed by atoms with van der Waals surface area (Å²) in [5.74, 6) is -1.03. The molecule has 0 aliphatic heterocycles. The zero-order chi connectivity index (χ0) is 20.1. The summed E-state index contributed by atoms with van der Waals surface area (Å²) in [5.41, 5.74) is 6.21. The molecule has 0 radical (unpaired) electrons. The summed E-state index contributed by atoms with van der Waals surface area (Å²) in [6.07, 6.45) is 2.09. The van der Waals surface area contributed by atoms with E-state index in [9.17, 15) is 14.0 Å². The molecule has 3 N–H and O–H groups in total. The number of methoxy groups -OCH3 is 1. The van der Waals surface area contributed by atoms with E-state index in [1.54, 1.807) is 6.07 Å². The largest absolute Gasteiger partial charge is 0.469 e. The zero-order valence-electron chi connectivity index (χ0n) is 15.0. The summed E-state index contributed by atoms with van der Waals surface area (Å²) >= 11 is 0. The summed E-state index contributed by atoms with van der Waals surface area (Å²) in [7, 11) is 1.29. The average Bonchev–Trinajstić information content (AvgIpc) is 3.12. The van der Waals surface area contributed by atoms with E-state index in [1.807, 2.05) is 0 Å². The first-order valence-electron chi connectivity index (χ1n) is 8.40. The zero-order valence-corrected chi connectivity index (χ0v) is 15.0. The number of halogens is 1. The standard InChI is InChI=1S/C18H18FN5O4/c1-27-18(26)4-2-3-16(25)23-14-10-17(24-15(22-14)7-8-21-24)28-13-6-5-11(20)9-12(13)19/h5-10H,2-4,20H2,1H3,(H,22,23,25). The lowest BCUT2D eigenvalue weighted by Crippen LogP contribution is -2.14. The van der Waals surface area contributed by atoms with Crippen molar-refractivity contribution < 1.29 is 23.5 Å². The van der Waals surface area contributed by atoms with Crippen molar-refractivity contribution in [2.45, 2.75) is 19.3 Å². The number of hydrogen-bond acceptors (Lipinski definition) is 7. The van der Waals surface area contributed by atoms with Gasteiger partial charge in [-0.2, -0.15) is 9.61 Å². The number of nitrogens with zero attached hydrogens (tertiary/aromatic N) is 3. The molecular weight excluding hydrogens is 369 g/mol. The highest BCUT2D eigenvalue weighted by Crippen LogP contribution is 2.27. The van der Waals surface area contributed by atoms with Gasteiger partial charge in [0.2, 0.25) is 11.8 Å². The molecule has 2 heterocycles. The van der Waals surface area contributed by atoms with Gasteiger partial charge in [-0.05, 0) is 18.6 Å². The molecule has 0 unspecified atom stereocenters. The number of benzene rings is 1. The first kappa shape index (κ1) is 19.1. The molecule has 0 saturated carbocycles. The first-order valence-corrected chi connectivity index (χ1v) is 8.40. The molecule has 0 bridgehead atoms. The fourth-order valence-electron chi connectivity index (χ4n) is 2.43. The molecule has 2 aromatic heterocycles. The van der Waals surface area contributed by atoms with Crippen LogP contribution < -0.4 is 15.8 Å². The van der Waals surface area contributed by atoms with Gasteiger partial charge in [0, 0.05) is 36.7 Å². The number of carbonyl (C=O) groups excluding carboxylic acids is 2. The molecule has 1 amide bonds. The van der Waals surface area contributed by atoms with E-state index in [2.05, 4.69) is 20.1 Å². The van der Waals surface area contributed by atoms with Crippen molar-refractivity contribution >= 4 is 29.0 Å². The van der Waals surface area contributed by atoms with E-state index in [0.29, 0.717) is 12.1 Å². The monoisotopic (exact) mass is 387 g/mol. The van der Waals surface area contributed by atoms with Crippen LogP contribution in [-0.4, -0.2) is 33.6 Å². The van der Waals surface area contributed by atoms with Crippen LogP contribution in [0.3, 0.4) is 0 Å². The lowest BCUT2D eigenvalue weighted by Gasteiger charge is -2.11. The Labute approximate surface area is 159 Å². The summed E-state index contributed by atoms with van der Waals surface area (Å²) in [4.78, 5) is 27.4. The Hall–Kier alpha value is -3.69. The molecule has 3 rings (SSSR count). The predicted octanol–water partition coefficient (Wildman–Crippen LogP) is 2.52. The third kappa shape index (κ3) is 4.53. The minimum absolute atomic E-state index is 0.0486. The number of hydrogen-bond donors (Lipinski definition) is 2. The maximum absolute atomic E-state index is 14.0.